The van der Waals surface area contributed by atoms with Gasteiger partial charge in [-0.3, -0.25) is 20.2 Å². The summed E-state index contributed by atoms with van der Waals surface area (Å²) >= 11 is 0. The van der Waals surface area contributed by atoms with E-state index in [0.29, 0.717) is 0 Å². The van der Waals surface area contributed by atoms with Gasteiger partial charge in [0.1, 0.15) is 0 Å². The molecule has 42 heavy (non-hydrogen) atoms. The Hall–Kier alpha value is -6.02. The number of benzene rings is 5. The number of hydrogen-bond acceptors (Lipinski definition) is 4. The summed E-state index contributed by atoms with van der Waals surface area (Å²) in [6.07, 6.45) is 0. The zero-order chi connectivity index (χ0) is 28.8. The van der Waals surface area contributed by atoms with Gasteiger partial charge in [-0.25, -0.2) is 0 Å². The van der Waals surface area contributed by atoms with Crippen LogP contribution < -0.4 is 0 Å². The average Bonchev–Trinajstić information content (AvgIpc) is 3.61. The molecule has 5 aromatic carbocycles. The van der Waals surface area contributed by atoms with Gasteiger partial charge in [-0.1, -0.05) is 36.4 Å². The van der Waals surface area contributed by atoms with E-state index in [1.165, 1.54) is 35.0 Å². The molecule has 0 saturated carbocycles. The van der Waals surface area contributed by atoms with Crippen molar-refractivity contribution in [2.24, 2.45) is 0 Å². The maximum atomic E-state index is 11.2. The van der Waals surface area contributed by atoms with Gasteiger partial charge in [0, 0.05) is 46.4 Å². The number of nitro groups is 2. The summed E-state index contributed by atoms with van der Waals surface area (Å²) in [7, 11) is 0. The number of nitrogens with zero attached hydrogens (tertiary/aromatic N) is 4. The molecule has 0 N–H and O–H groups in total. The minimum atomic E-state index is -0.418. The van der Waals surface area contributed by atoms with Gasteiger partial charge in [0.15, 0.2) is 0 Å². The van der Waals surface area contributed by atoms with E-state index in [9.17, 15) is 20.2 Å². The van der Waals surface area contributed by atoms with Crippen molar-refractivity contribution in [3.05, 3.63) is 154 Å². The molecule has 0 fully saturated rings. The van der Waals surface area contributed by atoms with Crippen LogP contribution in [0.1, 0.15) is 0 Å². The number of non-ortho nitro benzene ring substituents is 2. The Bertz CT molecular complexity index is 2000. The first-order valence-electron chi connectivity index (χ1n) is 13.3. The first kappa shape index (κ1) is 25.0. The van der Waals surface area contributed by atoms with E-state index in [2.05, 4.69) is 45.5 Å². The Kier molecular flexibility index (Phi) is 5.87. The molecule has 0 atom stereocenters. The van der Waals surface area contributed by atoms with E-state index in [1.807, 2.05) is 48.5 Å². The molecule has 7 rings (SSSR count). The van der Waals surface area contributed by atoms with Crippen molar-refractivity contribution in [3.8, 4) is 33.9 Å². The standard InChI is InChI=1S/C34H22N4O4/c39-37(40)27-13-9-23(10-14-27)31-21-22-32(24-11-15-28(16-12-24)38(41)42)35(31)25-17-19-26(20-18-25)36-33-7-3-1-5-29(33)30-6-2-4-8-34(30)36/h1-22H. The minimum absolute atomic E-state index is 0.0166. The van der Waals surface area contributed by atoms with E-state index in [0.717, 1.165) is 44.9 Å². The lowest BCUT2D eigenvalue weighted by atomic mass is 10.1. The van der Waals surface area contributed by atoms with Crippen LogP contribution in [0.15, 0.2) is 133 Å². The van der Waals surface area contributed by atoms with Crippen LogP contribution in [-0.2, 0) is 0 Å². The zero-order valence-corrected chi connectivity index (χ0v) is 22.1. The topological polar surface area (TPSA) is 96.1 Å². The van der Waals surface area contributed by atoms with Gasteiger partial charge in [0.05, 0.1) is 32.3 Å². The summed E-state index contributed by atoms with van der Waals surface area (Å²) in [5.41, 5.74) is 7.44. The van der Waals surface area contributed by atoms with Crippen molar-refractivity contribution in [1.29, 1.82) is 0 Å². The lowest BCUT2D eigenvalue weighted by Gasteiger charge is -2.16. The summed E-state index contributed by atoms with van der Waals surface area (Å²) in [6.45, 7) is 0. The predicted molar refractivity (Wildman–Crippen MR) is 164 cm³/mol. The summed E-state index contributed by atoms with van der Waals surface area (Å²) in [6, 6.07) is 41.7. The molecule has 0 aliphatic carbocycles. The fourth-order valence-corrected chi connectivity index (χ4v) is 5.62. The highest BCUT2D eigenvalue weighted by molar-refractivity contribution is 6.09. The van der Waals surface area contributed by atoms with Gasteiger partial charge in [-0.15, -0.1) is 0 Å². The highest BCUT2D eigenvalue weighted by Crippen LogP contribution is 2.36. The Morgan fingerprint density at radius 3 is 1.21 bits per heavy atom. The van der Waals surface area contributed by atoms with Gasteiger partial charge in [-0.05, 0) is 83.9 Å². The number of hydrogen-bond donors (Lipinski definition) is 0. The first-order valence-corrected chi connectivity index (χ1v) is 13.3. The molecule has 2 heterocycles. The van der Waals surface area contributed by atoms with E-state index in [-0.39, 0.29) is 11.4 Å². The van der Waals surface area contributed by atoms with E-state index >= 15 is 0 Å². The van der Waals surface area contributed by atoms with Crippen LogP contribution in [-0.4, -0.2) is 19.0 Å². The Morgan fingerprint density at radius 2 is 0.810 bits per heavy atom. The highest BCUT2D eigenvalue weighted by atomic mass is 16.6. The molecule has 0 saturated heterocycles. The molecule has 0 radical (unpaired) electrons. The van der Waals surface area contributed by atoms with Crippen LogP contribution in [0.4, 0.5) is 11.4 Å². The summed E-state index contributed by atoms with van der Waals surface area (Å²) in [5, 5.41) is 24.9. The molecular weight excluding hydrogens is 528 g/mol. The van der Waals surface area contributed by atoms with Crippen LogP contribution in [0, 0.1) is 20.2 Å². The van der Waals surface area contributed by atoms with Crippen molar-refractivity contribution < 1.29 is 9.85 Å². The second-order valence-corrected chi connectivity index (χ2v) is 9.93. The average molecular weight is 551 g/mol. The molecule has 8 heteroatoms. The third-order valence-electron chi connectivity index (χ3n) is 7.57. The Balaban J connectivity index is 1.38. The molecule has 2 aromatic heterocycles. The highest BCUT2D eigenvalue weighted by Gasteiger charge is 2.17. The van der Waals surface area contributed by atoms with Gasteiger partial charge in [-0.2, -0.15) is 0 Å². The third-order valence-corrected chi connectivity index (χ3v) is 7.57. The molecule has 0 aliphatic heterocycles. The minimum Gasteiger partial charge on any atom is -0.309 e. The molecule has 0 unspecified atom stereocenters. The number of aromatic nitrogens is 2. The molecule has 202 valence electrons. The molecule has 0 bridgehead atoms. The van der Waals surface area contributed by atoms with Gasteiger partial charge >= 0.3 is 0 Å². The van der Waals surface area contributed by atoms with Crippen molar-refractivity contribution in [2.45, 2.75) is 0 Å². The molecule has 8 nitrogen and oxygen atoms in total. The normalized spacial score (nSPS) is 11.2. The van der Waals surface area contributed by atoms with Gasteiger partial charge < -0.3 is 9.13 Å². The molecule has 0 aliphatic rings. The number of rotatable bonds is 6. The van der Waals surface area contributed by atoms with Crippen LogP contribution in [0.5, 0.6) is 0 Å². The maximum Gasteiger partial charge on any atom is 0.269 e. The second kappa shape index (κ2) is 9.87. The van der Waals surface area contributed by atoms with Crippen LogP contribution >= 0.6 is 0 Å². The SMILES string of the molecule is O=[N+]([O-])c1ccc(-c2ccc(-c3ccc([N+](=O)[O-])cc3)n2-c2ccc(-n3c4ccccc4c4ccccc43)cc2)cc1. The molecule has 0 spiro atoms. The second-order valence-electron chi connectivity index (χ2n) is 9.93. The van der Waals surface area contributed by atoms with Gasteiger partial charge in [0.25, 0.3) is 11.4 Å². The van der Waals surface area contributed by atoms with Crippen LogP contribution in [0.2, 0.25) is 0 Å². The van der Waals surface area contributed by atoms with Crippen LogP contribution in [0.25, 0.3) is 55.7 Å². The van der Waals surface area contributed by atoms with E-state index in [1.54, 1.807) is 24.3 Å². The van der Waals surface area contributed by atoms with Crippen molar-refractivity contribution in [3.63, 3.8) is 0 Å². The summed E-state index contributed by atoms with van der Waals surface area (Å²) < 4.78 is 4.32. The van der Waals surface area contributed by atoms with Crippen molar-refractivity contribution in [1.82, 2.24) is 9.13 Å². The fourth-order valence-electron chi connectivity index (χ4n) is 5.62. The van der Waals surface area contributed by atoms with Crippen LogP contribution in [0.3, 0.4) is 0 Å². The monoisotopic (exact) mass is 550 g/mol. The smallest absolute Gasteiger partial charge is 0.269 e. The van der Waals surface area contributed by atoms with E-state index < -0.39 is 9.85 Å². The van der Waals surface area contributed by atoms with Crippen molar-refractivity contribution >= 4 is 33.2 Å². The number of fused-ring (bicyclic) bond motifs is 3. The van der Waals surface area contributed by atoms with Gasteiger partial charge in [0.2, 0.25) is 0 Å². The van der Waals surface area contributed by atoms with Crippen molar-refractivity contribution in [2.75, 3.05) is 0 Å². The molecular formula is C34H22N4O4. The van der Waals surface area contributed by atoms with E-state index in [4.69, 9.17) is 0 Å². The number of nitro benzene ring substituents is 2. The largest absolute Gasteiger partial charge is 0.309 e. The number of para-hydroxylation sites is 2. The quantitative estimate of drug-likeness (QED) is 0.153. The summed E-state index contributed by atoms with van der Waals surface area (Å²) in [5.74, 6) is 0. The molecule has 0 amide bonds. The zero-order valence-electron chi connectivity index (χ0n) is 22.1. The maximum absolute atomic E-state index is 11.2. The Labute approximate surface area is 239 Å². The lowest BCUT2D eigenvalue weighted by Crippen LogP contribution is -2.01. The summed E-state index contributed by atoms with van der Waals surface area (Å²) in [4.78, 5) is 21.7. The Morgan fingerprint density at radius 1 is 0.429 bits per heavy atom. The first-order chi connectivity index (χ1) is 20.5. The third kappa shape index (κ3) is 4.10. The fraction of sp³-hybridized carbons (Fsp3) is 0. The predicted octanol–water partition coefficient (Wildman–Crippen LogP) is 8.72. The molecule has 7 aromatic rings. The lowest BCUT2D eigenvalue weighted by molar-refractivity contribution is -0.385.